The maximum absolute atomic E-state index is 12.2. The molecule has 1 amide bonds. The van der Waals surface area contributed by atoms with E-state index in [1.807, 2.05) is 26.0 Å². The summed E-state index contributed by atoms with van der Waals surface area (Å²) in [5, 5.41) is 2.87. The molecule has 1 atom stereocenters. The van der Waals surface area contributed by atoms with Gasteiger partial charge in [0.2, 0.25) is 0 Å². The maximum atomic E-state index is 12.2. The van der Waals surface area contributed by atoms with Crippen molar-refractivity contribution < 1.29 is 13.2 Å². The Bertz CT molecular complexity index is 622. The number of sulfone groups is 1. The van der Waals surface area contributed by atoms with E-state index in [1.54, 1.807) is 13.0 Å². The third kappa shape index (κ3) is 3.15. The third-order valence-corrected chi connectivity index (χ3v) is 5.45. The molecular formula is C14H19NO3S. The highest BCUT2D eigenvalue weighted by atomic mass is 32.2. The van der Waals surface area contributed by atoms with Crippen LogP contribution in [-0.2, 0) is 9.84 Å². The van der Waals surface area contributed by atoms with E-state index < -0.39 is 15.4 Å². The SMILES string of the molecule is Cc1ccc(C(=O)N[C@]2(C)CCS(=O)(=O)C2)c(C)c1. The highest BCUT2D eigenvalue weighted by Crippen LogP contribution is 2.23. The first-order valence-corrected chi connectivity index (χ1v) is 8.13. The van der Waals surface area contributed by atoms with Crippen molar-refractivity contribution in [2.24, 2.45) is 0 Å². The summed E-state index contributed by atoms with van der Waals surface area (Å²) in [7, 11) is -3.01. The summed E-state index contributed by atoms with van der Waals surface area (Å²) in [5.74, 6) is -0.0232. The quantitative estimate of drug-likeness (QED) is 0.896. The molecular weight excluding hydrogens is 262 g/mol. The first-order chi connectivity index (χ1) is 8.71. The minimum atomic E-state index is -3.01. The molecule has 0 unspecified atom stereocenters. The van der Waals surface area contributed by atoms with Crippen LogP contribution in [0.4, 0.5) is 0 Å². The van der Waals surface area contributed by atoms with Gasteiger partial charge in [0.1, 0.15) is 0 Å². The number of amides is 1. The molecule has 0 radical (unpaired) electrons. The van der Waals surface area contributed by atoms with Crippen molar-refractivity contribution >= 4 is 15.7 Å². The van der Waals surface area contributed by atoms with Crippen molar-refractivity contribution in [3.05, 3.63) is 34.9 Å². The third-order valence-electron chi connectivity index (χ3n) is 3.55. The van der Waals surface area contributed by atoms with Crippen LogP contribution in [0.25, 0.3) is 0 Å². The summed E-state index contributed by atoms with van der Waals surface area (Å²) in [6, 6.07) is 5.62. The molecule has 0 aromatic heterocycles. The van der Waals surface area contributed by atoms with Gasteiger partial charge in [-0.2, -0.15) is 0 Å². The molecule has 5 heteroatoms. The van der Waals surface area contributed by atoms with Crippen molar-refractivity contribution in [1.29, 1.82) is 0 Å². The Morgan fingerprint density at radius 1 is 1.32 bits per heavy atom. The van der Waals surface area contributed by atoms with E-state index in [9.17, 15) is 13.2 Å². The molecule has 1 heterocycles. The molecule has 1 aliphatic heterocycles. The number of carbonyl (C=O) groups is 1. The zero-order valence-electron chi connectivity index (χ0n) is 11.5. The molecule has 104 valence electrons. The molecule has 1 aromatic rings. The molecule has 19 heavy (non-hydrogen) atoms. The molecule has 1 fully saturated rings. The van der Waals surface area contributed by atoms with Crippen LogP contribution in [0.1, 0.15) is 34.8 Å². The van der Waals surface area contributed by atoms with Crippen molar-refractivity contribution in [3.8, 4) is 0 Å². The van der Waals surface area contributed by atoms with Gasteiger partial charge in [-0.1, -0.05) is 17.7 Å². The Morgan fingerprint density at radius 2 is 2.00 bits per heavy atom. The predicted octanol–water partition coefficient (Wildman–Crippen LogP) is 1.61. The predicted molar refractivity (Wildman–Crippen MR) is 75.1 cm³/mol. The van der Waals surface area contributed by atoms with E-state index in [2.05, 4.69) is 5.32 Å². The zero-order valence-corrected chi connectivity index (χ0v) is 12.3. The second kappa shape index (κ2) is 4.63. The molecule has 1 aliphatic rings. The van der Waals surface area contributed by atoms with Crippen LogP contribution in [0.3, 0.4) is 0 Å². The number of benzene rings is 1. The lowest BCUT2D eigenvalue weighted by atomic mass is 9.99. The Balaban J connectivity index is 2.18. The second-order valence-electron chi connectivity index (χ2n) is 5.68. The lowest BCUT2D eigenvalue weighted by Gasteiger charge is -2.24. The molecule has 1 saturated heterocycles. The summed E-state index contributed by atoms with van der Waals surface area (Å²) < 4.78 is 23.0. The summed E-state index contributed by atoms with van der Waals surface area (Å²) in [6.07, 6.45) is 0.478. The summed E-state index contributed by atoms with van der Waals surface area (Å²) in [5.41, 5.74) is 1.97. The van der Waals surface area contributed by atoms with E-state index in [-0.39, 0.29) is 17.4 Å². The van der Waals surface area contributed by atoms with Crippen LogP contribution < -0.4 is 5.32 Å². The number of aryl methyl sites for hydroxylation is 2. The van der Waals surface area contributed by atoms with Crippen molar-refractivity contribution in [3.63, 3.8) is 0 Å². The first kappa shape index (κ1) is 14.1. The fraction of sp³-hybridized carbons (Fsp3) is 0.500. The van der Waals surface area contributed by atoms with Crippen LogP contribution in [0.5, 0.6) is 0 Å². The van der Waals surface area contributed by atoms with Gasteiger partial charge in [0, 0.05) is 5.56 Å². The molecule has 0 bridgehead atoms. The highest BCUT2D eigenvalue weighted by molar-refractivity contribution is 7.91. The van der Waals surface area contributed by atoms with Gasteiger partial charge in [0.25, 0.3) is 5.91 Å². The van der Waals surface area contributed by atoms with Gasteiger partial charge in [-0.3, -0.25) is 4.79 Å². The van der Waals surface area contributed by atoms with Gasteiger partial charge in [-0.25, -0.2) is 8.42 Å². The molecule has 2 rings (SSSR count). The first-order valence-electron chi connectivity index (χ1n) is 6.31. The molecule has 4 nitrogen and oxygen atoms in total. The Kier molecular flexibility index (Phi) is 3.43. The topological polar surface area (TPSA) is 63.2 Å². The van der Waals surface area contributed by atoms with Crippen LogP contribution in [0.15, 0.2) is 18.2 Å². The van der Waals surface area contributed by atoms with Crippen LogP contribution in [0.2, 0.25) is 0 Å². The van der Waals surface area contributed by atoms with Gasteiger partial charge in [0.05, 0.1) is 17.0 Å². The zero-order chi connectivity index (χ0) is 14.3. The maximum Gasteiger partial charge on any atom is 0.251 e. The van der Waals surface area contributed by atoms with Crippen LogP contribution >= 0.6 is 0 Å². The van der Waals surface area contributed by atoms with E-state index in [0.29, 0.717) is 12.0 Å². The minimum absolute atomic E-state index is 0.0245. The van der Waals surface area contributed by atoms with Crippen molar-refractivity contribution in [1.82, 2.24) is 5.32 Å². The van der Waals surface area contributed by atoms with Gasteiger partial charge in [-0.05, 0) is 38.8 Å². The summed E-state index contributed by atoms with van der Waals surface area (Å²) in [6.45, 7) is 5.65. The molecule has 1 aromatic carbocycles. The van der Waals surface area contributed by atoms with Gasteiger partial charge in [-0.15, -0.1) is 0 Å². The average Bonchev–Trinajstić information content (AvgIpc) is 2.52. The summed E-state index contributed by atoms with van der Waals surface area (Å²) in [4.78, 5) is 12.2. The largest absolute Gasteiger partial charge is 0.346 e. The minimum Gasteiger partial charge on any atom is -0.346 e. The standard InChI is InChI=1S/C14H19NO3S/c1-10-4-5-12(11(2)8-10)13(16)15-14(3)6-7-19(17,18)9-14/h4-5,8H,6-7,9H2,1-3H3,(H,15,16)/t14-/m1/s1. The smallest absolute Gasteiger partial charge is 0.251 e. The second-order valence-corrected chi connectivity index (χ2v) is 7.86. The van der Waals surface area contributed by atoms with Gasteiger partial charge < -0.3 is 5.32 Å². The summed E-state index contributed by atoms with van der Waals surface area (Å²) >= 11 is 0. The Labute approximate surface area is 114 Å². The van der Waals surface area contributed by atoms with Crippen molar-refractivity contribution in [2.75, 3.05) is 11.5 Å². The normalized spacial score (nSPS) is 25.2. The molecule has 0 spiro atoms. The van der Waals surface area contributed by atoms with E-state index in [0.717, 1.165) is 11.1 Å². The lowest BCUT2D eigenvalue weighted by molar-refractivity contribution is 0.0915. The molecule has 1 N–H and O–H groups in total. The van der Waals surface area contributed by atoms with Gasteiger partial charge in [0.15, 0.2) is 9.84 Å². The van der Waals surface area contributed by atoms with Crippen LogP contribution in [0, 0.1) is 13.8 Å². The highest BCUT2D eigenvalue weighted by Gasteiger charge is 2.39. The lowest BCUT2D eigenvalue weighted by Crippen LogP contribution is -2.47. The fourth-order valence-electron chi connectivity index (χ4n) is 2.52. The Hall–Kier alpha value is -1.36. The number of carbonyl (C=O) groups excluding carboxylic acids is 1. The van der Waals surface area contributed by atoms with Crippen molar-refractivity contribution in [2.45, 2.75) is 32.7 Å². The molecule has 0 saturated carbocycles. The Morgan fingerprint density at radius 3 is 2.53 bits per heavy atom. The fourth-order valence-corrected chi connectivity index (χ4v) is 4.61. The number of hydrogen-bond acceptors (Lipinski definition) is 3. The van der Waals surface area contributed by atoms with E-state index in [4.69, 9.17) is 0 Å². The number of rotatable bonds is 2. The van der Waals surface area contributed by atoms with E-state index in [1.165, 1.54) is 0 Å². The monoisotopic (exact) mass is 281 g/mol. The van der Waals surface area contributed by atoms with Gasteiger partial charge >= 0.3 is 0 Å². The molecule has 0 aliphatic carbocycles. The van der Waals surface area contributed by atoms with E-state index >= 15 is 0 Å². The average molecular weight is 281 g/mol. The number of hydrogen-bond donors (Lipinski definition) is 1. The van der Waals surface area contributed by atoms with Crippen LogP contribution in [-0.4, -0.2) is 31.4 Å². The number of nitrogens with one attached hydrogen (secondary N) is 1.